The number of halogens is 1. The molecule has 0 saturated heterocycles. The smallest absolute Gasteiger partial charge is 0.261 e. The summed E-state index contributed by atoms with van der Waals surface area (Å²) < 4.78 is 32.6. The van der Waals surface area contributed by atoms with Gasteiger partial charge in [0, 0.05) is 22.5 Å². The maximum Gasteiger partial charge on any atom is 0.261 e. The molecular formula is C19H15ClN2O4S. The standard InChI is InChI=1S/C19H15ClN2O4S/c20-14-6-8-15(9-7-14)22-27(24,25)18-5-1-3-16(13-18)21-19(23)11-10-17-4-2-12-26-17/h1-13,22H,(H,21,23)/b11-10+. The van der Waals surface area contributed by atoms with E-state index >= 15 is 0 Å². The van der Waals surface area contributed by atoms with Crippen molar-refractivity contribution in [1.29, 1.82) is 0 Å². The van der Waals surface area contributed by atoms with E-state index in [0.717, 1.165) is 0 Å². The Morgan fingerprint density at radius 3 is 2.48 bits per heavy atom. The number of nitrogens with one attached hydrogen (secondary N) is 2. The van der Waals surface area contributed by atoms with Crippen LogP contribution in [0.15, 0.2) is 82.3 Å². The molecule has 3 rings (SSSR count). The Labute approximate surface area is 161 Å². The Balaban J connectivity index is 1.72. The maximum absolute atomic E-state index is 12.5. The van der Waals surface area contributed by atoms with Crippen LogP contribution in [0.5, 0.6) is 0 Å². The van der Waals surface area contributed by atoms with Gasteiger partial charge in [0.2, 0.25) is 5.91 Å². The molecule has 0 atom stereocenters. The monoisotopic (exact) mass is 402 g/mol. The predicted octanol–water partition coefficient (Wildman–Crippen LogP) is 4.39. The number of furan rings is 1. The highest BCUT2D eigenvalue weighted by molar-refractivity contribution is 7.92. The van der Waals surface area contributed by atoms with Gasteiger partial charge in [-0.3, -0.25) is 9.52 Å². The van der Waals surface area contributed by atoms with Crippen molar-refractivity contribution in [1.82, 2.24) is 0 Å². The Kier molecular flexibility index (Phi) is 5.63. The molecule has 2 aromatic carbocycles. The van der Waals surface area contributed by atoms with E-state index in [1.807, 2.05) is 0 Å². The van der Waals surface area contributed by atoms with Crippen molar-refractivity contribution in [2.75, 3.05) is 10.0 Å². The van der Waals surface area contributed by atoms with Gasteiger partial charge in [0.25, 0.3) is 10.0 Å². The number of amides is 1. The van der Waals surface area contributed by atoms with Crippen molar-refractivity contribution >= 4 is 45.0 Å². The van der Waals surface area contributed by atoms with Crippen LogP contribution in [-0.4, -0.2) is 14.3 Å². The number of hydrogen-bond acceptors (Lipinski definition) is 4. The van der Waals surface area contributed by atoms with Crippen molar-refractivity contribution in [2.24, 2.45) is 0 Å². The molecule has 0 aliphatic rings. The van der Waals surface area contributed by atoms with Gasteiger partial charge in [-0.05, 0) is 60.7 Å². The van der Waals surface area contributed by atoms with E-state index in [0.29, 0.717) is 22.2 Å². The first-order valence-corrected chi connectivity index (χ1v) is 9.69. The maximum atomic E-state index is 12.5. The van der Waals surface area contributed by atoms with Crippen molar-refractivity contribution in [2.45, 2.75) is 4.90 Å². The van der Waals surface area contributed by atoms with E-state index in [1.54, 1.807) is 48.5 Å². The normalized spacial score (nSPS) is 11.4. The van der Waals surface area contributed by atoms with Crippen LogP contribution in [0.3, 0.4) is 0 Å². The fraction of sp³-hybridized carbons (Fsp3) is 0. The van der Waals surface area contributed by atoms with Gasteiger partial charge in [0.05, 0.1) is 11.2 Å². The van der Waals surface area contributed by atoms with E-state index in [-0.39, 0.29) is 4.90 Å². The number of hydrogen-bond donors (Lipinski definition) is 2. The molecule has 0 bridgehead atoms. The number of carbonyl (C=O) groups is 1. The minimum absolute atomic E-state index is 0.0188. The molecular weight excluding hydrogens is 388 g/mol. The van der Waals surface area contributed by atoms with Gasteiger partial charge in [0.15, 0.2) is 0 Å². The lowest BCUT2D eigenvalue weighted by Crippen LogP contribution is -2.14. The second-order valence-corrected chi connectivity index (χ2v) is 7.60. The molecule has 0 saturated carbocycles. The Bertz CT molecular complexity index is 1060. The summed E-state index contributed by atoms with van der Waals surface area (Å²) in [5.74, 6) is 0.125. The predicted molar refractivity (Wildman–Crippen MR) is 105 cm³/mol. The van der Waals surface area contributed by atoms with E-state index in [4.69, 9.17) is 16.0 Å². The summed E-state index contributed by atoms with van der Waals surface area (Å²) in [6, 6.07) is 15.7. The second kappa shape index (κ2) is 8.11. The Morgan fingerprint density at radius 2 is 1.78 bits per heavy atom. The lowest BCUT2D eigenvalue weighted by Gasteiger charge is -2.10. The largest absolute Gasteiger partial charge is 0.465 e. The average Bonchev–Trinajstić information content (AvgIpc) is 3.16. The van der Waals surface area contributed by atoms with Gasteiger partial charge in [0.1, 0.15) is 5.76 Å². The molecule has 1 heterocycles. The summed E-state index contributed by atoms with van der Waals surface area (Å²) in [5, 5.41) is 3.12. The zero-order chi connectivity index (χ0) is 19.3. The summed E-state index contributed by atoms with van der Waals surface area (Å²) in [7, 11) is -3.81. The van der Waals surface area contributed by atoms with Crippen molar-refractivity contribution in [3.05, 3.63) is 83.8 Å². The average molecular weight is 403 g/mol. The minimum atomic E-state index is -3.81. The first kappa shape index (κ1) is 18.8. The van der Waals surface area contributed by atoms with E-state index < -0.39 is 15.9 Å². The first-order valence-electron chi connectivity index (χ1n) is 7.83. The van der Waals surface area contributed by atoms with E-state index in [2.05, 4.69) is 10.0 Å². The fourth-order valence-corrected chi connectivity index (χ4v) is 3.43. The molecule has 138 valence electrons. The molecule has 1 amide bonds. The molecule has 0 fully saturated rings. The molecule has 2 N–H and O–H groups in total. The van der Waals surface area contributed by atoms with Gasteiger partial charge >= 0.3 is 0 Å². The van der Waals surface area contributed by atoms with Crippen LogP contribution in [0.2, 0.25) is 5.02 Å². The van der Waals surface area contributed by atoms with Gasteiger partial charge in [-0.2, -0.15) is 0 Å². The molecule has 27 heavy (non-hydrogen) atoms. The van der Waals surface area contributed by atoms with Crippen LogP contribution < -0.4 is 10.0 Å². The van der Waals surface area contributed by atoms with E-state index in [9.17, 15) is 13.2 Å². The van der Waals surface area contributed by atoms with Crippen LogP contribution in [0.25, 0.3) is 6.08 Å². The molecule has 1 aromatic heterocycles. The van der Waals surface area contributed by atoms with Gasteiger partial charge in [-0.15, -0.1) is 0 Å². The minimum Gasteiger partial charge on any atom is -0.465 e. The summed E-state index contributed by atoms with van der Waals surface area (Å²) in [5.41, 5.74) is 0.735. The van der Waals surface area contributed by atoms with Crippen LogP contribution >= 0.6 is 11.6 Å². The molecule has 0 unspecified atom stereocenters. The highest BCUT2D eigenvalue weighted by Crippen LogP contribution is 2.20. The Hall–Kier alpha value is -3.03. The zero-order valence-electron chi connectivity index (χ0n) is 13.9. The third kappa shape index (κ3) is 5.22. The molecule has 3 aromatic rings. The summed E-state index contributed by atoms with van der Waals surface area (Å²) in [4.78, 5) is 12.0. The van der Waals surface area contributed by atoms with Crippen LogP contribution in [0.1, 0.15) is 5.76 Å². The molecule has 0 aliphatic heterocycles. The quantitative estimate of drug-likeness (QED) is 0.598. The summed E-state index contributed by atoms with van der Waals surface area (Å²) >= 11 is 5.80. The summed E-state index contributed by atoms with van der Waals surface area (Å²) in [6.45, 7) is 0. The number of anilines is 2. The SMILES string of the molecule is O=C(/C=C/c1ccco1)Nc1cccc(S(=O)(=O)Nc2ccc(Cl)cc2)c1. The van der Waals surface area contributed by atoms with Crippen LogP contribution in [0, 0.1) is 0 Å². The van der Waals surface area contributed by atoms with Gasteiger partial charge in [-0.1, -0.05) is 17.7 Å². The highest BCUT2D eigenvalue weighted by atomic mass is 35.5. The van der Waals surface area contributed by atoms with Crippen molar-refractivity contribution in [3.8, 4) is 0 Å². The first-order chi connectivity index (χ1) is 12.9. The van der Waals surface area contributed by atoms with Gasteiger partial charge in [-0.25, -0.2) is 8.42 Å². The lowest BCUT2D eigenvalue weighted by atomic mass is 10.3. The van der Waals surface area contributed by atoms with E-state index in [1.165, 1.54) is 30.5 Å². The fourth-order valence-electron chi connectivity index (χ4n) is 2.20. The lowest BCUT2D eigenvalue weighted by molar-refractivity contribution is -0.111. The second-order valence-electron chi connectivity index (χ2n) is 5.48. The van der Waals surface area contributed by atoms with Crippen LogP contribution in [-0.2, 0) is 14.8 Å². The topological polar surface area (TPSA) is 88.4 Å². The highest BCUT2D eigenvalue weighted by Gasteiger charge is 2.15. The molecule has 0 spiro atoms. The molecule has 8 heteroatoms. The van der Waals surface area contributed by atoms with Crippen molar-refractivity contribution < 1.29 is 17.6 Å². The summed E-state index contributed by atoms with van der Waals surface area (Å²) in [6.07, 6.45) is 4.31. The van der Waals surface area contributed by atoms with Crippen LogP contribution in [0.4, 0.5) is 11.4 Å². The third-order valence-electron chi connectivity index (χ3n) is 3.45. The van der Waals surface area contributed by atoms with Crippen molar-refractivity contribution in [3.63, 3.8) is 0 Å². The number of benzene rings is 2. The number of carbonyl (C=O) groups excluding carboxylic acids is 1. The number of sulfonamides is 1. The van der Waals surface area contributed by atoms with Gasteiger partial charge < -0.3 is 9.73 Å². The zero-order valence-corrected chi connectivity index (χ0v) is 15.5. The molecule has 0 aliphatic carbocycles. The molecule has 6 nitrogen and oxygen atoms in total. The molecule has 0 radical (unpaired) electrons. The Morgan fingerprint density at radius 1 is 1.00 bits per heavy atom. The third-order valence-corrected chi connectivity index (χ3v) is 5.08. The number of rotatable bonds is 6.